The van der Waals surface area contributed by atoms with Crippen LogP contribution < -0.4 is 0 Å². The van der Waals surface area contributed by atoms with E-state index in [0.717, 1.165) is 29.6 Å². The zero-order valence-corrected chi connectivity index (χ0v) is 10.8. The summed E-state index contributed by atoms with van der Waals surface area (Å²) in [5.41, 5.74) is 0. The van der Waals surface area contributed by atoms with Gasteiger partial charge in [-0.25, -0.2) is 0 Å². The van der Waals surface area contributed by atoms with Gasteiger partial charge in [-0.15, -0.1) is 11.6 Å². The molecule has 1 heteroatoms. The van der Waals surface area contributed by atoms with Gasteiger partial charge in [0.2, 0.25) is 0 Å². The molecule has 0 heterocycles. The van der Waals surface area contributed by atoms with Gasteiger partial charge in [-0.3, -0.25) is 0 Å². The molecule has 0 aromatic rings. The monoisotopic (exact) mass is 228 g/mol. The quantitative estimate of drug-likeness (QED) is 0.411. The van der Waals surface area contributed by atoms with Crippen molar-refractivity contribution >= 4 is 11.6 Å². The maximum absolute atomic E-state index is 6.00. The van der Waals surface area contributed by atoms with Crippen LogP contribution in [0.4, 0.5) is 0 Å². The van der Waals surface area contributed by atoms with Gasteiger partial charge in [-0.05, 0) is 55.8 Å². The zero-order valence-electron chi connectivity index (χ0n) is 10.1. The first kappa shape index (κ1) is 11.8. The zero-order chi connectivity index (χ0) is 10.7. The third-order valence-corrected chi connectivity index (χ3v) is 4.79. The lowest BCUT2D eigenvalue weighted by molar-refractivity contribution is 0.404. The van der Waals surface area contributed by atoms with Gasteiger partial charge in [0.05, 0.1) is 0 Å². The standard InChI is InChI=1S/C14H25Cl/c1-11(12-6-7-12)4-2-3-5-14(10-15)13-8-9-13/h11-14H,2-10H2,1H3. The van der Waals surface area contributed by atoms with E-state index in [1.54, 1.807) is 0 Å². The molecule has 0 N–H and O–H groups in total. The van der Waals surface area contributed by atoms with Crippen molar-refractivity contribution in [2.24, 2.45) is 23.7 Å². The molecule has 2 unspecified atom stereocenters. The second-order valence-electron chi connectivity index (χ2n) is 5.85. The van der Waals surface area contributed by atoms with Gasteiger partial charge in [0.25, 0.3) is 0 Å². The van der Waals surface area contributed by atoms with Crippen molar-refractivity contribution in [3.8, 4) is 0 Å². The van der Waals surface area contributed by atoms with Crippen LogP contribution in [-0.2, 0) is 0 Å². The number of rotatable bonds is 8. The molecule has 15 heavy (non-hydrogen) atoms. The Hall–Kier alpha value is 0.290. The third kappa shape index (κ3) is 3.98. The highest BCUT2D eigenvalue weighted by Gasteiger charge is 2.30. The summed E-state index contributed by atoms with van der Waals surface area (Å²) >= 11 is 6.00. The molecular weight excluding hydrogens is 204 g/mol. The average Bonchev–Trinajstić information content (AvgIpc) is 3.06. The summed E-state index contributed by atoms with van der Waals surface area (Å²) in [6.45, 7) is 2.44. The second-order valence-corrected chi connectivity index (χ2v) is 6.16. The van der Waals surface area contributed by atoms with Crippen LogP contribution >= 0.6 is 11.6 Å². The lowest BCUT2D eigenvalue weighted by Crippen LogP contribution is -2.05. The Labute approximate surface area is 99.8 Å². The third-order valence-electron chi connectivity index (χ3n) is 4.40. The van der Waals surface area contributed by atoms with Crippen LogP contribution in [0.15, 0.2) is 0 Å². The summed E-state index contributed by atoms with van der Waals surface area (Å²) in [7, 11) is 0. The summed E-state index contributed by atoms with van der Waals surface area (Å²) in [6, 6.07) is 0. The van der Waals surface area contributed by atoms with Crippen LogP contribution in [0.3, 0.4) is 0 Å². The topological polar surface area (TPSA) is 0 Å². The normalized spacial score (nSPS) is 25.2. The largest absolute Gasteiger partial charge is 0.126 e. The minimum atomic E-state index is 0.850. The molecular formula is C14H25Cl. The Morgan fingerprint density at radius 3 is 2.13 bits per heavy atom. The molecule has 2 rings (SSSR count). The summed E-state index contributed by atoms with van der Waals surface area (Å²) in [6.07, 6.45) is 11.6. The summed E-state index contributed by atoms with van der Waals surface area (Å²) in [5.74, 6) is 4.85. The van der Waals surface area contributed by atoms with Crippen molar-refractivity contribution in [3.05, 3.63) is 0 Å². The van der Waals surface area contributed by atoms with Gasteiger partial charge in [-0.2, -0.15) is 0 Å². The van der Waals surface area contributed by atoms with E-state index < -0.39 is 0 Å². The maximum Gasteiger partial charge on any atom is 0.0254 e. The van der Waals surface area contributed by atoms with E-state index in [0.29, 0.717) is 0 Å². The molecule has 0 amide bonds. The predicted molar refractivity (Wildman–Crippen MR) is 67.3 cm³/mol. The first-order valence-corrected chi connectivity index (χ1v) is 7.40. The van der Waals surface area contributed by atoms with Crippen molar-refractivity contribution in [2.75, 3.05) is 5.88 Å². The lowest BCUT2D eigenvalue weighted by atomic mass is 9.94. The van der Waals surface area contributed by atoms with E-state index in [1.807, 2.05) is 0 Å². The van der Waals surface area contributed by atoms with Crippen molar-refractivity contribution in [1.82, 2.24) is 0 Å². The maximum atomic E-state index is 6.00. The number of alkyl halides is 1. The van der Waals surface area contributed by atoms with Crippen molar-refractivity contribution in [2.45, 2.75) is 58.3 Å². The Balaban J connectivity index is 1.49. The van der Waals surface area contributed by atoms with Gasteiger partial charge in [0.1, 0.15) is 0 Å². The molecule has 0 saturated heterocycles. The van der Waals surface area contributed by atoms with E-state index >= 15 is 0 Å². The van der Waals surface area contributed by atoms with E-state index in [1.165, 1.54) is 51.4 Å². The van der Waals surface area contributed by atoms with Crippen molar-refractivity contribution in [3.63, 3.8) is 0 Å². The molecule has 88 valence electrons. The van der Waals surface area contributed by atoms with Crippen LogP contribution in [0, 0.1) is 23.7 Å². The first-order chi connectivity index (χ1) is 7.31. The number of hydrogen-bond donors (Lipinski definition) is 0. The number of unbranched alkanes of at least 4 members (excludes halogenated alkanes) is 1. The molecule has 2 aliphatic carbocycles. The van der Waals surface area contributed by atoms with Gasteiger partial charge in [0, 0.05) is 5.88 Å². The number of halogens is 1. The molecule has 0 aromatic carbocycles. The highest BCUT2D eigenvalue weighted by molar-refractivity contribution is 6.18. The molecule has 2 fully saturated rings. The smallest absolute Gasteiger partial charge is 0.0254 e. The van der Waals surface area contributed by atoms with E-state index in [4.69, 9.17) is 11.6 Å². The highest BCUT2D eigenvalue weighted by atomic mass is 35.5. The highest BCUT2D eigenvalue weighted by Crippen LogP contribution is 2.41. The van der Waals surface area contributed by atoms with Crippen LogP contribution in [0.5, 0.6) is 0 Å². The molecule has 0 bridgehead atoms. The molecule has 0 aromatic heterocycles. The minimum Gasteiger partial charge on any atom is -0.126 e. The van der Waals surface area contributed by atoms with Crippen molar-refractivity contribution in [1.29, 1.82) is 0 Å². The van der Waals surface area contributed by atoms with Gasteiger partial charge in [0.15, 0.2) is 0 Å². The van der Waals surface area contributed by atoms with E-state index in [2.05, 4.69) is 6.92 Å². The minimum absolute atomic E-state index is 0.850. The molecule has 2 aliphatic rings. The van der Waals surface area contributed by atoms with Gasteiger partial charge in [-0.1, -0.05) is 26.2 Å². The van der Waals surface area contributed by atoms with Crippen LogP contribution in [0.1, 0.15) is 58.3 Å². The van der Waals surface area contributed by atoms with Crippen LogP contribution in [-0.4, -0.2) is 5.88 Å². The molecule has 2 saturated carbocycles. The fourth-order valence-electron chi connectivity index (χ4n) is 2.78. The Morgan fingerprint density at radius 2 is 1.60 bits per heavy atom. The summed E-state index contributed by atoms with van der Waals surface area (Å²) in [5, 5.41) is 0. The van der Waals surface area contributed by atoms with Gasteiger partial charge < -0.3 is 0 Å². The Morgan fingerprint density at radius 1 is 1.00 bits per heavy atom. The van der Waals surface area contributed by atoms with Crippen LogP contribution in [0.25, 0.3) is 0 Å². The van der Waals surface area contributed by atoms with E-state index in [-0.39, 0.29) is 0 Å². The molecule has 0 spiro atoms. The second kappa shape index (κ2) is 5.57. The molecule has 2 atom stereocenters. The van der Waals surface area contributed by atoms with Gasteiger partial charge >= 0.3 is 0 Å². The first-order valence-electron chi connectivity index (χ1n) is 6.87. The predicted octanol–water partition coefficient (Wildman–Crippen LogP) is 4.86. The SMILES string of the molecule is CC(CCCCC(CCl)C1CC1)C1CC1. The Bertz CT molecular complexity index is 182. The summed E-state index contributed by atoms with van der Waals surface area (Å²) < 4.78 is 0. The molecule has 0 aliphatic heterocycles. The van der Waals surface area contributed by atoms with Crippen molar-refractivity contribution < 1.29 is 0 Å². The average molecular weight is 229 g/mol. The lowest BCUT2D eigenvalue weighted by Gasteiger charge is -2.13. The molecule has 0 nitrogen and oxygen atoms in total. The Kier molecular flexibility index (Phi) is 4.37. The molecule has 0 radical (unpaired) electrons. The number of hydrogen-bond acceptors (Lipinski definition) is 0. The van der Waals surface area contributed by atoms with Crippen LogP contribution in [0.2, 0.25) is 0 Å². The fraction of sp³-hybridized carbons (Fsp3) is 1.00. The fourth-order valence-corrected chi connectivity index (χ4v) is 3.19. The summed E-state index contributed by atoms with van der Waals surface area (Å²) in [4.78, 5) is 0. The van der Waals surface area contributed by atoms with E-state index in [9.17, 15) is 0 Å².